The predicted octanol–water partition coefficient (Wildman–Crippen LogP) is 9.34. The number of pyridine rings is 1. The summed E-state index contributed by atoms with van der Waals surface area (Å²) < 4.78 is 4.41. The molecule has 0 atom stereocenters. The second-order valence-electron chi connectivity index (χ2n) is 11.0. The first-order valence-electron chi connectivity index (χ1n) is 14.6. The highest BCUT2D eigenvalue weighted by Gasteiger charge is 2.16. The number of rotatable bonds is 3. The number of aromatic nitrogens is 4. The quantitative estimate of drug-likeness (QED) is 0.202. The minimum atomic E-state index is 0.629. The predicted molar refractivity (Wildman–Crippen MR) is 178 cm³/mol. The topological polar surface area (TPSA) is 58.9 Å². The fraction of sp³-hybridized carbons (Fsp3) is 0. The molecule has 0 bridgehead atoms. The smallest absolute Gasteiger partial charge is 0.146 e. The molecular weight excluding hydrogens is 538 g/mol. The van der Waals surface area contributed by atoms with Crippen LogP contribution in [0.1, 0.15) is 5.56 Å². The number of nitriles is 1. The van der Waals surface area contributed by atoms with Crippen molar-refractivity contribution in [3.05, 3.63) is 145 Å². The molecule has 6 aromatic carbocycles. The molecule has 5 heteroatoms. The highest BCUT2D eigenvalue weighted by atomic mass is 15.1. The van der Waals surface area contributed by atoms with Crippen LogP contribution in [0, 0.1) is 11.3 Å². The van der Waals surface area contributed by atoms with E-state index in [9.17, 15) is 5.26 Å². The zero-order valence-electron chi connectivity index (χ0n) is 23.5. The van der Waals surface area contributed by atoms with Crippen LogP contribution in [0.5, 0.6) is 0 Å². The van der Waals surface area contributed by atoms with Crippen molar-refractivity contribution in [3.63, 3.8) is 0 Å². The van der Waals surface area contributed by atoms with Gasteiger partial charge in [0.05, 0.1) is 39.2 Å². The highest BCUT2D eigenvalue weighted by molar-refractivity contribution is 6.15. The normalized spacial score (nSPS) is 11.6. The van der Waals surface area contributed by atoms with E-state index in [0.717, 1.165) is 77.6 Å². The molecule has 0 unspecified atom stereocenters. The van der Waals surface area contributed by atoms with Gasteiger partial charge in [-0.3, -0.25) is 8.97 Å². The van der Waals surface area contributed by atoms with E-state index in [-0.39, 0.29) is 0 Å². The Bertz CT molecular complexity index is 2600. The largest absolute Gasteiger partial charge is 0.292 e. The Morgan fingerprint density at radius 3 is 1.95 bits per heavy atom. The molecule has 44 heavy (non-hydrogen) atoms. The average molecular weight is 562 g/mol. The number of imidazole rings is 2. The average Bonchev–Trinajstić information content (AvgIpc) is 3.68. The maximum absolute atomic E-state index is 9.69. The molecule has 9 rings (SSSR count). The van der Waals surface area contributed by atoms with Crippen LogP contribution in [0.4, 0.5) is 0 Å². The molecule has 0 saturated heterocycles. The molecule has 0 radical (unpaired) electrons. The Balaban J connectivity index is 1.22. The Kier molecular flexibility index (Phi) is 5.19. The summed E-state index contributed by atoms with van der Waals surface area (Å²) in [5.41, 5.74) is 10.9. The molecule has 0 saturated carbocycles. The van der Waals surface area contributed by atoms with Crippen LogP contribution in [0.3, 0.4) is 0 Å². The van der Waals surface area contributed by atoms with E-state index in [4.69, 9.17) is 9.97 Å². The number of benzene rings is 6. The molecule has 0 aliphatic rings. The van der Waals surface area contributed by atoms with Crippen LogP contribution in [0.2, 0.25) is 0 Å². The molecule has 0 aliphatic heterocycles. The fourth-order valence-electron chi connectivity index (χ4n) is 6.48. The second-order valence-corrected chi connectivity index (χ2v) is 11.0. The number of nitrogens with zero attached hydrogens (tertiary/aromatic N) is 5. The molecule has 0 spiro atoms. The summed E-state index contributed by atoms with van der Waals surface area (Å²) in [5, 5.41) is 13.0. The molecule has 0 amide bonds. The lowest BCUT2D eigenvalue weighted by atomic mass is 9.98. The summed E-state index contributed by atoms with van der Waals surface area (Å²) in [6.07, 6.45) is 0. The van der Waals surface area contributed by atoms with Crippen molar-refractivity contribution in [1.82, 2.24) is 18.9 Å². The van der Waals surface area contributed by atoms with Crippen molar-refractivity contribution < 1.29 is 0 Å². The summed E-state index contributed by atoms with van der Waals surface area (Å²) in [7, 11) is 0. The maximum Gasteiger partial charge on any atom is 0.146 e. The summed E-state index contributed by atoms with van der Waals surface area (Å²) >= 11 is 0. The summed E-state index contributed by atoms with van der Waals surface area (Å²) in [6.45, 7) is 0. The maximum atomic E-state index is 9.69. The van der Waals surface area contributed by atoms with Crippen LogP contribution >= 0.6 is 0 Å². The van der Waals surface area contributed by atoms with Gasteiger partial charge in [0, 0.05) is 22.0 Å². The lowest BCUT2D eigenvalue weighted by molar-refractivity contribution is 1.10. The Hall–Kier alpha value is -6.25. The highest BCUT2D eigenvalue weighted by Crippen LogP contribution is 2.36. The van der Waals surface area contributed by atoms with Crippen LogP contribution < -0.4 is 0 Å². The summed E-state index contributed by atoms with van der Waals surface area (Å²) in [5.74, 6) is 0.913. The minimum absolute atomic E-state index is 0.629. The van der Waals surface area contributed by atoms with Gasteiger partial charge in [-0.05, 0) is 77.2 Å². The van der Waals surface area contributed by atoms with E-state index in [2.05, 4.69) is 112 Å². The molecule has 0 fully saturated rings. The minimum Gasteiger partial charge on any atom is -0.292 e. The van der Waals surface area contributed by atoms with Crippen LogP contribution in [-0.4, -0.2) is 18.9 Å². The summed E-state index contributed by atoms with van der Waals surface area (Å²) in [4.78, 5) is 10.0. The van der Waals surface area contributed by atoms with E-state index in [1.54, 1.807) is 0 Å². The first kappa shape index (κ1) is 24.4. The van der Waals surface area contributed by atoms with Crippen molar-refractivity contribution in [1.29, 1.82) is 5.26 Å². The zero-order chi connectivity index (χ0) is 29.2. The van der Waals surface area contributed by atoms with Gasteiger partial charge >= 0.3 is 0 Å². The van der Waals surface area contributed by atoms with Crippen molar-refractivity contribution in [3.8, 4) is 34.3 Å². The molecule has 3 heterocycles. The van der Waals surface area contributed by atoms with Gasteiger partial charge in [-0.25, -0.2) is 9.97 Å². The van der Waals surface area contributed by atoms with E-state index < -0.39 is 0 Å². The van der Waals surface area contributed by atoms with Crippen LogP contribution in [0.25, 0.3) is 77.6 Å². The third kappa shape index (κ3) is 3.58. The van der Waals surface area contributed by atoms with E-state index in [1.165, 1.54) is 0 Å². The third-order valence-electron chi connectivity index (χ3n) is 8.53. The van der Waals surface area contributed by atoms with Crippen LogP contribution in [0.15, 0.2) is 140 Å². The number of hydrogen-bond acceptors (Lipinski definition) is 3. The molecule has 9 aromatic rings. The van der Waals surface area contributed by atoms with Gasteiger partial charge in [0.15, 0.2) is 0 Å². The third-order valence-corrected chi connectivity index (χ3v) is 8.53. The van der Waals surface area contributed by atoms with Crippen LogP contribution in [-0.2, 0) is 0 Å². The Morgan fingerprint density at radius 1 is 0.500 bits per heavy atom. The first-order valence-corrected chi connectivity index (χ1v) is 14.6. The standard InChI is InChI=1S/C39H23N5/c40-24-25-14-20-30-32-23-28(19-21-31(32)39-42-34-11-5-7-13-36(34)44(39)37(30)22-25)26-15-17-27(18-16-26)38-41-33-10-4-6-12-35(33)43(38)29-8-2-1-3-9-29/h1-23H. The van der Waals surface area contributed by atoms with Gasteiger partial charge in [-0.2, -0.15) is 5.26 Å². The van der Waals surface area contributed by atoms with Gasteiger partial charge in [0.2, 0.25) is 0 Å². The van der Waals surface area contributed by atoms with Gasteiger partial charge in [-0.15, -0.1) is 0 Å². The fourth-order valence-corrected chi connectivity index (χ4v) is 6.48. The molecule has 0 aliphatic carbocycles. The van der Waals surface area contributed by atoms with E-state index >= 15 is 0 Å². The number of hydrogen-bond donors (Lipinski definition) is 0. The molecule has 5 nitrogen and oxygen atoms in total. The van der Waals surface area contributed by atoms with Gasteiger partial charge in [0.1, 0.15) is 11.5 Å². The molecule has 204 valence electrons. The Morgan fingerprint density at radius 2 is 1.16 bits per heavy atom. The monoisotopic (exact) mass is 561 g/mol. The lowest BCUT2D eigenvalue weighted by Gasteiger charge is -2.12. The molecule has 0 N–H and O–H groups in total. The molecular formula is C39H23N5. The number of fused-ring (bicyclic) bond motifs is 9. The van der Waals surface area contributed by atoms with Gasteiger partial charge in [-0.1, -0.05) is 78.9 Å². The van der Waals surface area contributed by atoms with Crippen molar-refractivity contribution in [2.24, 2.45) is 0 Å². The van der Waals surface area contributed by atoms with Crippen molar-refractivity contribution >= 4 is 49.4 Å². The number of para-hydroxylation sites is 5. The van der Waals surface area contributed by atoms with Gasteiger partial charge < -0.3 is 0 Å². The summed E-state index contributed by atoms with van der Waals surface area (Å²) in [6, 6.07) is 50.3. The first-order chi connectivity index (χ1) is 21.8. The van der Waals surface area contributed by atoms with Crippen molar-refractivity contribution in [2.75, 3.05) is 0 Å². The second kappa shape index (κ2) is 9.38. The Labute approximate surface area is 252 Å². The SMILES string of the molecule is N#Cc1ccc2c3cc(-c4ccc(-c5nc6ccccc6n5-c5ccccc5)cc4)ccc3c3nc4ccccc4n3c2c1. The van der Waals surface area contributed by atoms with E-state index in [1.807, 2.05) is 42.5 Å². The van der Waals surface area contributed by atoms with Crippen molar-refractivity contribution in [2.45, 2.75) is 0 Å². The molecule has 3 aromatic heterocycles. The van der Waals surface area contributed by atoms with E-state index in [0.29, 0.717) is 5.56 Å². The lowest BCUT2D eigenvalue weighted by Crippen LogP contribution is -1.97. The zero-order valence-corrected chi connectivity index (χ0v) is 23.5. The van der Waals surface area contributed by atoms with Gasteiger partial charge in [0.25, 0.3) is 0 Å².